The highest BCUT2D eigenvalue weighted by Gasteiger charge is 2.39. The molecule has 8 nitrogen and oxygen atoms in total. The van der Waals surface area contributed by atoms with Gasteiger partial charge >= 0.3 is 6.03 Å². The first kappa shape index (κ1) is 19.4. The second-order valence-electron chi connectivity index (χ2n) is 8.14. The summed E-state index contributed by atoms with van der Waals surface area (Å²) in [4.78, 5) is 31.3. The van der Waals surface area contributed by atoms with Crippen LogP contribution >= 0.6 is 0 Å². The van der Waals surface area contributed by atoms with E-state index in [4.69, 9.17) is 4.52 Å². The number of nitrogens with zero attached hydrogens (tertiary/aromatic N) is 3. The highest BCUT2D eigenvalue weighted by atomic mass is 16.5. The van der Waals surface area contributed by atoms with E-state index in [0.29, 0.717) is 31.2 Å². The first-order valence-corrected chi connectivity index (χ1v) is 10.1. The van der Waals surface area contributed by atoms with Crippen molar-refractivity contribution in [2.75, 3.05) is 18.4 Å². The third-order valence-corrected chi connectivity index (χ3v) is 5.79. The number of amides is 3. The molecule has 154 valence electrons. The molecule has 0 unspecified atom stereocenters. The lowest BCUT2D eigenvalue weighted by atomic mass is 9.91. The van der Waals surface area contributed by atoms with E-state index in [2.05, 4.69) is 20.8 Å². The Labute approximate surface area is 170 Å². The van der Waals surface area contributed by atoms with Gasteiger partial charge in [0.15, 0.2) is 5.82 Å². The molecule has 1 saturated heterocycles. The van der Waals surface area contributed by atoms with Crippen molar-refractivity contribution in [2.24, 2.45) is 5.92 Å². The number of anilines is 1. The lowest BCUT2D eigenvalue weighted by Crippen LogP contribution is -2.54. The molecule has 2 aliphatic rings. The number of carbonyl (C=O) groups excluding carboxylic acids is 2. The molecule has 2 aromatic rings. The standard InChI is InChI=1S/C21H27N5O3/c1-12-4-7-16(10-13(12)2)23-21(28)26-9-8-17(20-22-14(3)25-29-20)18(11-26)24-19(27)15-5-6-15/h4,7,10,15,17-18H,5-6,8-9,11H2,1-3H3,(H,23,28)(H,24,27)/t17-,18+/m0/s1. The van der Waals surface area contributed by atoms with Gasteiger partial charge in [-0.1, -0.05) is 11.2 Å². The lowest BCUT2D eigenvalue weighted by molar-refractivity contribution is -0.123. The summed E-state index contributed by atoms with van der Waals surface area (Å²) in [6.45, 7) is 6.79. The predicted octanol–water partition coefficient (Wildman–Crippen LogP) is 2.91. The SMILES string of the molecule is Cc1noc([C@H]2CCN(C(=O)Nc3ccc(C)c(C)c3)C[C@H]2NC(=O)C2CC2)n1. The van der Waals surface area contributed by atoms with E-state index in [1.54, 1.807) is 11.8 Å². The quantitative estimate of drug-likeness (QED) is 0.826. The summed E-state index contributed by atoms with van der Waals surface area (Å²) in [5.74, 6) is 1.15. The Morgan fingerprint density at radius 2 is 1.93 bits per heavy atom. The van der Waals surface area contributed by atoms with Crippen LogP contribution in [0.25, 0.3) is 0 Å². The molecule has 2 atom stereocenters. The summed E-state index contributed by atoms with van der Waals surface area (Å²) in [5.41, 5.74) is 3.08. The van der Waals surface area contributed by atoms with E-state index in [-0.39, 0.29) is 29.8 Å². The van der Waals surface area contributed by atoms with Crippen LogP contribution in [0.2, 0.25) is 0 Å². The van der Waals surface area contributed by atoms with E-state index in [9.17, 15) is 9.59 Å². The summed E-state index contributed by atoms with van der Waals surface area (Å²) in [5, 5.41) is 9.97. The minimum absolute atomic E-state index is 0.0488. The largest absolute Gasteiger partial charge is 0.351 e. The maximum Gasteiger partial charge on any atom is 0.321 e. The molecule has 4 rings (SSSR count). The molecule has 1 aliphatic heterocycles. The van der Waals surface area contributed by atoms with Crippen molar-refractivity contribution < 1.29 is 14.1 Å². The minimum Gasteiger partial charge on any atom is -0.351 e. The lowest BCUT2D eigenvalue weighted by Gasteiger charge is -2.37. The summed E-state index contributed by atoms with van der Waals surface area (Å²) in [6, 6.07) is 5.45. The van der Waals surface area contributed by atoms with Crippen molar-refractivity contribution >= 4 is 17.6 Å². The summed E-state index contributed by atoms with van der Waals surface area (Å²) < 4.78 is 5.38. The second-order valence-corrected chi connectivity index (χ2v) is 8.14. The van der Waals surface area contributed by atoms with Gasteiger partial charge in [-0.15, -0.1) is 0 Å². The van der Waals surface area contributed by atoms with Crippen molar-refractivity contribution in [3.8, 4) is 0 Å². The molecule has 2 fully saturated rings. The molecule has 3 amide bonds. The molecule has 0 radical (unpaired) electrons. The molecule has 1 aromatic heterocycles. The van der Waals surface area contributed by atoms with Gasteiger partial charge in [0.25, 0.3) is 0 Å². The van der Waals surface area contributed by atoms with Gasteiger partial charge in [0, 0.05) is 24.7 Å². The normalized spacial score (nSPS) is 21.7. The van der Waals surface area contributed by atoms with Crippen LogP contribution < -0.4 is 10.6 Å². The van der Waals surface area contributed by atoms with Crippen molar-refractivity contribution in [1.29, 1.82) is 0 Å². The van der Waals surface area contributed by atoms with E-state index in [1.807, 2.05) is 32.0 Å². The topological polar surface area (TPSA) is 100 Å². The maximum atomic E-state index is 12.8. The van der Waals surface area contributed by atoms with Crippen molar-refractivity contribution in [1.82, 2.24) is 20.4 Å². The molecule has 1 saturated carbocycles. The molecule has 0 spiro atoms. The Morgan fingerprint density at radius 1 is 1.14 bits per heavy atom. The Kier molecular flexibility index (Phi) is 5.25. The van der Waals surface area contributed by atoms with Crippen LogP contribution in [-0.4, -0.2) is 46.1 Å². The number of urea groups is 1. The zero-order chi connectivity index (χ0) is 20.5. The summed E-state index contributed by atoms with van der Waals surface area (Å²) in [7, 11) is 0. The maximum absolute atomic E-state index is 12.8. The number of aromatic nitrogens is 2. The molecule has 1 aliphatic carbocycles. The summed E-state index contributed by atoms with van der Waals surface area (Å²) >= 11 is 0. The van der Waals surface area contributed by atoms with Crippen LogP contribution in [0.3, 0.4) is 0 Å². The van der Waals surface area contributed by atoms with Crippen molar-refractivity contribution in [3.05, 3.63) is 41.0 Å². The number of hydrogen-bond acceptors (Lipinski definition) is 5. The average Bonchev–Trinajstić information content (AvgIpc) is 3.46. The molecule has 0 bridgehead atoms. The van der Waals surface area contributed by atoms with E-state index >= 15 is 0 Å². The molecular formula is C21H27N5O3. The van der Waals surface area contributed by atoms with Gasteiger partial charge < -0.3 is 20.1 Å². The van der Waals surface area contributed by atoms with Gasteiger partial charge in [-0.3, -0.25) is 4.79 Å². The second kappa shape index (κ2) is 7.85. The number of rotatable bonds is 4. The predicted molar refractivity (Wildman–Crippen MR) is 108 cm³/mol. The van der Waals surface area contributed by atoms with Crippen LogP contribution in [-0.2, 0) is 4.79 Å². The van der Waals surface area contributed by atoms with Crippen LogP contribution in [0.5, 0.6) is 0 Å². The van der Waals surface area contributed by atoms with Crippen molar-refractivity contribution in [3.63, 3.8) is 0 Å². The first-order chi connectivity index (χ1) is 13.9. The number of piperidine rings is 1. The van der Waals surface area contributed by atoms with Crippen LogP contribution in [0.15, 0.2) is 22.7 Å². The highest BCUT2D eigenvalue weighted by Crippen LogP contribution is 2.32. The number of hydrogen-bond donors (Lipinski definition) is 2. The Balaban J connectivity index is 1.46. The Bertz CT molecular complexity index is 921. The fourth-order valence-electron chi connectivity index (χ4n) is 3.71. The third-order valence-electron chi connectivity index (χ3n) is 5.79. The fourth-order valence-corrected chi connectivity index (χ4v) is 3.71. The number of aryl methyl sites for hydroxylation is 3. The van der Waals surface area contributed by atoms with Gasteiger partial charge in [-0.25, -0.2) is 4.79 Å². The van der Waals surface area contributed by atoms with E-state index in [0.717, 1.165) is 24.1 Å². The van der Waals surface area contributed by atoms with E-state index in [1.165, 1.54) is 5.56 Å². The molecule has 8 heteroatoms. The van der Waals surface area contributed by atoms with Gasteiger partial charge in [0.1, 0.15) is 0 Å². The van der Waals surface area contributed by atoms with Crippen LogP contribution in [0.1, 0.15) is 48.0 Å². The summed E-state index contributed by atoms with van der Waals surface area (Å²) in [6.07, 6.45) is 2.51. The number of nitrogens with one attached hydrogen (secondary N) is 2. The Hall–Kier alpha value is -2.90. The van der Waals surface area contributed by atoms with Gasteiger partial charge in [-0.2, -0.15) is 4.98 Å². The van der Waals surface area contributed by atoms with Crippen molar-refractivity contribution in [2.45, 2.75) is 52.0 Å². The average molecular weight is 397 g/mol. The zero-order valence-electron chi connectivity index (χ0n) is 17.1. The monoisotopic (exact) mass is 397 g/mol. The number of carbonyl (C=O) groups is 2. The highest BCUT2D eigenvalue weighted by molar-refractivity contribution is 5.89. The first-order valence-electron chi connectivity index (χ1n) is 10.1. The zero-order valence-corrected chi connectivity index (χ0v) is 17.1. The molecule has 2 heterocycles. The molecular weight excluding hydrogens is 370 g/mol. The van der Waals surface area contributed by atoms with Gasteiger partial charge in [0.2, 0.25) is 11.8 Å². The van der Waals surface area contributed by atoms with Crippen LogP contribution in [0, 0.1) is 26.7 Å². The van der Waals surface area contributed by atoms with E-state index < -0.39 is 0 Å². The fraction of sp³-hybridized carbons (Fsp3) is 0.524. The van der Waals surface area contributed by atoms with Crippen LogP contribution in [0.4, 0.5) is 10.5 Å². The smallest absolute Gasteiger partial charge is 0.321 e. The molecule has 2 N–H and O–H groups in total. The third kappa shape index (κ3) is 4.41. The minimum atomic E-state index is -0.248. The molecule has 29 heavy (non-hydrogen) atoms. The Morgan fingerprint density at radius 3 is 2.59 bits per heavy atom. The number of likely N-dealkylation sites (tertiary alicyclic amines) is 1. The van der Waals surface area contributed by atoms with Gasteiger partial charge in [0.05, 0.1) is 12.0 Å². The number of benzene rings is 1. The molecule has 1 aromatic carbocycles. The van der Waals surface area contributed by atoms with Gasteiger partial charge in [-0.05, 0) is 63.3 Å².